The Morgan fingerprint density at radius 3 is 2.50 bits per heavy atom. The Morgan fingerprint density at radius 1 is 1.27 bits per heavy atom. The molecule has 0 radical (unpaired) electrons. The second kappa shape index (κ2) is 12.8. The number of rotatable bonds is 13. The minimum Gasteiger partial charge on any atom is -0.480 e. The summed E-state index contributed by atoms with van der Waals surface area (Å²) in [5.74, 6) is -2.74. The van der Waals surface area contributed by atoms with Gasteiger partial charge in [0.1, 0.15) is 12.1 Å². The molecular formula is C17H28N6O6S. The number of nitrogens with two attached hydrogens (primary N) is 1. The number of nitrogens with zero attached hydrogens (tertiary/aromatic N) is 1. The smallest absolute Gasteiger partial charge is 0.326 e. The van der Waals surface area contributed by atoms with E-state index in [4.69, 9.17) is 5.73 Å². The molecule has 13 heteroatoms. The number of aromatic amines is 1. The highest BCUT2D eigenvalue weighted by Gasteiger charge is 2.28. The molecule has 0 fully saturated rings. The van der Waals surface area contributed by atoms with E-state index in [0.717, 1.165) is 0 Å². The van der Waals surface area contributed by atoms with Crippen molar-refractivity contribution in [1.29, 1.82) is 0 Å². The van der Waals surface area contributed by atoms with Gasteiger partial charge in [-0.05, 0) is 25.4 Å². The molecule has 8 N–H and O–H groups in total. The van der Waals surface area contributed by atoms with E-state index in [0.29, 0.717) is 17.9 Å². The van der Waals surface area contributed by atoms with Gasteiger partial charge in [-0.1, -0.05) is 0 Å². The fourth-order valence-corrected chi connectivity index (χ4v) is 2.87. The van der Waals surface area contributed by atoms with Crippen molar-refractivity contribution in [3.05, 3.63) is 18.2 Å². The lowest BCUT2D eigenvalue weighted by atomic mass is 10.1. The molecule has 12 nitrogen and oxygen atoms in total. The van der Waals surface area contributed by atoms with Crippen LogP contribution in [0.5, 0.6) is 0 Å². The third kappa shape index (κ3) is 8.80. The van der Waals surface area contributed by atoms with E-state index < -0.39 is 54.5 Å². The Labute approximate surface area is 177 Å². The summed E-state index contributed by atoms with van der Waals surface area (Å²) in [5, 5.41) is 26.0. The monoisotopic (exact) mass is 444 g/mol. The van der Waals surface area contributed by atoms with Crippen LogP contribution >= 0.6 is 11.8 Å². The van der Waals surface area contributed by atoms with E-state index >= 15 is 0 Å². The number of carbonyl (C=O) groups is 4. The van der Waals surface area contributed by atoms with Gasteiger partial charge in [0.15, 0.2) is 0 Å². The van der Waals surface area contributed by atoms with E-state index in [9.17, 15) is 29.4 Å². The van der Waals surface area contributed by atoms with Gasteiger partial charge in [-0.25, -0.2) is 9.78 Å². The molecule has 1 aromatic rings. The first kappa shape index (κ1) is 25.4. The zero-order chi connectivity index (χ0) is 22.7. The molecule has 0 aliphatic rings. The highest BCUT2D eigenvalue weighted by molar-refractivity contribution is 7.98. The van der Waals surface area contributed by atoms with Gasteiger partial charge in [-0.3, -0.25) is 14.4 Å². The number of thioether (sulfide) groups is 1. The minimum atomic E-state index is -1.31. The summed E-state index contributed by atoms with van der Waals surface area (Å²) < 4.78 is 0. The van der Waals surface area contributed by atoms with Gasteiger partial charge in [0, 0.05) is 18.3 Å². The van der Waals surface area contributed by atoms with E-state index in [2.05, 4.69) is 25.9 Å². The van der Waals surface area contributed by atoms with Crippen LogP contribution in [0.15, 0.2) is 12.5 Å². The number of carboxylic acid groups (broad SMARTS) is 1. The van der Waals surface area contributed by atoms with Gasteiger partial charge in [0.25, 0.3) is 0 Å². The average molecular weight is 445 g/mol. The molecule has 0 saturated heterocycles. The van der Waals surface area contributed by atoms with Crippen molar-refractivity contribution in [1.82, 2.24) is 25.9 Å². The maximum atomic E-state index is 12.3. The van der Waals surface area contributed by atoms with Gasteiger partial charge in [-0.2, -0.15) is 11.8 Å². The molecule has 0 spiro atoms. The first-order valence-electron chi connectivity index (χ1n) is 9.15. The first-order valence-corrected chi connectivity index (χ1v) is 10.5. The maximum absolute atomic E-state index is 12.3. The van der Waals surface area contributed by atoms with Crippen molar-refractivity contribution in [2.24, 2.45) is 5.73 Å². The summed E-state index contributed by atoms with van der Waals surface area (Å²) in [6.45, 7) is 0.770. The molecule has 0 aliphatic carbocycles. The second-order valence-corrected chi connectivity index (χ2v) is 7.56. The normalized spacial score (nSPS) is 14.8. The fraction of sp³-hybridized carbons (Fsp3) is 0.588. The molecule has 0 bridgehead atoms. The molecule has 4 atom stereocenters. The summed E-state index contributed by atoms with van der Waals surface area (Å²) in [6.07, 6.45) is 3.83. The average Bonchev–Trinajstić information content (AvgIpc) is 3.20. The Hall–Kier alpha value is -2.64. The number of hydrogen-bond donors (Lipinski definition) is 7. The summed E-state index contributed by atoms with van der Waals surface area (Å²) in [7, 11) is 0. The minimum absolute atomic E-state index is 0.0185. The summed E-state index contributed by atoms with van der Waals surface area (Å²) in [5.41, 5.74) is 6.26. The number of nitrogens with one attached hydrogen (secondary N) is 4. The molecule has 0 saturated carbocycles. The Bertz CT molecular complexity index is 714. The van der Waals surface area contributed by atoms with Crippen molar-refractivity contribution in [2.45, 2.75) is 44.0 Å². The summed E-state index contributed by atoms with van der Waals surface area (Å²) in [4.78, 5) is 54.3. The van der Waals surface area contributed by atoms with Crippen molar-refractivity contribution in [3.63, 3.8) is 0 Å². The lowest BCUT2D eigenvalue weighted by molar-refractivity contribution is -0.141. The predicted octanol–water partition coefficient (Wildman–Crippen LogP) is -2.42. The number of aliphatic hydroxyl groups excluding tert-OH is 1. The molecule has 0 aliphatic heterocycles. The van der Waals surface area contributed by atoms with Gasteiger partial charge in [0.05, 0.1) is 25.0 Å². The van der Waals surface area contributed by atoms with Gasteiger partial charge >= 0.3 is 5.97 Å². The van der Waals surface area contributed by atoms with E-state index in [1.54, 1.807) is 0 Å². The molecule has 1 heterocycles. The fourth-order valence-electron chi connectivity index (χ4n) is 2.38. The Morgan fingerprint density at radius 2 is 1.97 bits per heavy atom. The van der Waals surface area contributed by atoms with Crippen LogP contribution in [-0.4, -0.2) is 86.7 Å². The number of carbonyl (C=O) groups excluding carboxylic acids is 3. The number of amides is 3. The highest BCUT2D eigenvalue weighted by atomic mass is 32.2. The van der Waals surface area contributed by atoms with Crippen molar-refractivity contribution < 1.29 is 29.4 Å². The molecule has 0 aromatic carbocycles. The highest BCUT2D eigenvalue weighted by Crippen LogP contribution is 2.01. The molecule has 168 valence electrons. The van der Waals surface area contributed by atoms with Crippen LogP contribution in [-0.2, 0) is 25.6 Å². The van der Waals surface area contributed by atoms with Gasteiger partial charge in [0.2, 0.25) is 17.7 Å². The third-order valence-corrected chi connectivity index (χ3v) is 4.71. The van der Waals surface area contributed by atoms with E-state index in [-0.39, 0.29) is 6.42 Å². The molecule has 3 amide bonds. The molecule has 4 unspecified atom stereocenters. The predicted molar refractivity (Wildman–Crippen MR) is 109 cm³/mol. The molecule has 30 heavy (non-hydrogen) atoms. The van der Waals surface area contributed by atoms with Gasteiger partial charge in [-0.15, -0.1) is 0 Å². The largest absolute Gasteiger partial charge is 0.480 e. The number of hydrogen-bond acceptors (Lipinski definition) is 8. The van der Waals surface area contributed by atoms with Crippen LogP contribution in [0.4, 0.5) is 0 Å². The Kier molecular flexibility index (Phi) is 10.9. The molecule has 1 aromatic heterocycles. The van der Waals surface area contributed by atoms with Crippen molar-refractivity contribution in [2.75, 3.05) is 18.6 Å². The topological polar surface area (TPSA) is 200 Å². The van der Waals surface area contributed by atoms with Crippen LogP contribution in [0.3, 0.4) is 0 Å². The maximum Gasteiger partial charge on any atom is 0.326 e. The third-order valence-electron chi connectivity index (χ3n) is 4.07. The summed E-state index contributed by atoms with van der Waals surface area (Å²) in [6, 6.07) is -3.38. The molecular weight excluding hydrogens is 416 g/mol. The van der Waals surface area contributed by atoms with E-state index in [1.165, 1.54) is 31.2 Å². The number of aliphatic hydroxyl groups is 1. The SMILES string of the molecule is CSCCC(N)C(=O)NC(C(=O)NCC(=O)NC(Cc1cnc[nH]1)C(=O)O)C(C)O. The quantitative estimate of drug-likeness (QED) is 0.173. The van der Waals surface area contributed by atoms with Crippen molar-refractivity contribution in [3.8, 4) is 0 Å². The summed E-state index contributed by atoms with van der Waals surface area (Å²) >= 11 is 1.52. The number of imidazole rings is 1. The lowest BCUT2D eigenvalue weighted by Crippen LogP contribution is -2.57. The van der Waals surface area contributed by atoms with E-state index in [1.807, 2.05) is 6.26 Å². The number of aliphatic carboxylic acids is 1. The first-order chi connectivity index (χ1) is 14.1. The number of H-pyrrole nitrogens is 1. The van der Waals surface area contributed by atoms with Crippen molar-refractivity contribution >= 4 is 35.5 Å². The van der Waals surface area contributed by atoms with Crippen LogP contribution < -0.4 is 21.7 Å². The van der Waals surface area contributed by atoms with Crippen LogP contribution in [0.1, 0.15) is 19.0 Å². The lowest BCUT2D eigenvalue weighted by Gasteiger charge is -2.23. The zero-order valence-electron chi connectivity index (χ0n) is 16.8. The van der Waals surface area contributed by atoms with Crippen LogP contribution in [0.2, 0.25) is 0 Å². The van der Waals surface area contributed by atoms with Gasteiger partial charge < -0.3 is 36.9 Å². The standard InChI is InChI=1S/C17H28N6O6S/c1-9(24)14(23-15(26)11(18)3-4-30-2)16(27)20-7-13(25)22-12(17(28)29)5-10-6-19-8-21-10/h6,8-9,11-12,14,24H,3-5,7,18H2,1-2H3,(H,19,21)(H,20,27)(H,22,25)(H,23,26)(H,28,29). The number of carboxylic acids is 1. The van der Waals surface area contributed by atoms with Crippen LogP contribution in [0, 0.1) is 0 Å². The molecule has 1 rings (SSSR count). The van der Waals surface area contributed by atoms with Crippen LogP contribution in [0.25, 0.3) is 0 Å². The Balaban J connectivity index is 2.57. The number of aromatic nitrogens is 2. The zero-order valence-corrected chi connectivity index (χ0v) is 17.6. The second-order valence-electron chi connectivity index (χ2n) is 6.57.